The zero-order valence-electron chi connectivity index (χ0n) is 15.2. The van der Waals surface area contributed by atoms with Gasteiger partial charge in [0.2, 0.25) is 10.0 Å². The predicted octanol–water partition coefficient (Wildman–Crippen LogP) is 4.93. The summed E-state index contributed by atoms with van der Waals surface area (Å²) in [6, 6.07) is 9.20. The Morgan fingerprint density at radius 2 is 1.82 bits per heavy atom. The number of halogens is 2. The molecular formula is C18H17Cl2N3O3S2. The first kappa shape index (κ1) is 21.0. The molecule has 0 bridgehead atoms. The number of hydrogen-bond donors (Lipinski definition) is 2. The predicted molar refractivity (Wildman–Crippen MR) is 114 cm³/mol. The average Bonchev–Trinajstić information content (AvgIpc) is 2.93. The third-order valence-electron chi connectivity index (χ3n) is 3.51. The minimum Gasteiger partial charge on any atom is -0.298 e. The average molecular weight is 458 g/mol. The van der Waals surface area contributed by atoms with Gasteiger partial charge in [0.25, 0.3) is 5.91 Å². The largest absolute Gasteiger partial charge is 0.298 e. The van der Waals surface area contributed by atoms with Crippen LogP contribution >= 0.6 is 34.5 Å². The molecule has 0 fully saturated rings. The number of carbonyl (C=O) groups excluding carboxylic acids is 1. The Labute approximate surface area is 176 Å². The van der Waals surface area contributed by atoms with E-state index in [2.05, 4.69) is 15.0 Å². The van der Waals surface area contributed by atoms with Gasteiger partial charge in [-0.25, -0.2) is 18.1 Å². The first-order chi connectivity index (χ1) is 12.9. The summed E-state index contributed by atoms with van der Waals surface area (Å²) < 4.78 is 28.3. The molecule has 0 atom stereocenters. The molecule has 10 heteroatoms. The van der Waals surface area contributed by atoms with Gasteiger partial charge < -0.3 is 0 Å². The molecule has 0 spiro atoms. The number of fused-ring (bicyclic) bond motifs is 1. The van der Waals surface area contributed by atoms with Crippen LogP contribution in [0.1, 0.15) is 31.1 Å². The summed E-state index contributed by atoms with van der Waals surface area (Å²) >= 11 is 13.1. The Morgan fingerprint density at radius 1 is 1.11 bits per heavy atom. The fraction of sp³-hybridized carbons (Fsp3) is 0.222. The van der Waals surface area contributed by atoms with Gasteiger partial charge >= 0.3 is 0 Å². The number of anilines is 1. The van der Waals surface area contributed by atoms with Gasteiger partial charge in [0, 0.05) is 10.6 Å². The molecule has 0 saturated heterocycles. The molecule has 148 valence electrons. The summed E-state index contributed by atoms with van der Waals surface area (Å²) in [6.07, 6.45) is 0. The standard InChI is InChI=1S/C18H17Cl2N3O3S2/c1-18(2,3)23-28(25,26)11-5-7-14-15(9-11)27-17(21-14)22-16(24)12-6-4-10(19)8-13(12)20/h4-9,23H,1-3H3,(H,21,22,24). The second kappa shape index (κ2) is 7.61. The van der Waals surface area contributed by atoms with Crippen LogP contribution < -0.4 is 10.0 Å². The Morgan fingerprint density at radius 3 is 2.46 bits per heavy atom. The molecule has 3 aromatic rings. The van der Waals surface area contributed by atoms with E-state index in [1.54, 1.807) is 32.9 Å². The van der Waals surface area contributed by atoms with Gasteiger partial charge in [-0.05, 0) is 57.2 Å². The van der Waals surface area contributed by atoms with Crippen molar-refractivity contribution in [1.29, 1.82) is 0 Å². The maximum atomic E-state index is 12.5. The van der Waals surface area contributed by atoms with E-state index in [9.17, 15) is 13.2 Å². The van der Waals surface area contributed by atoms with Gasteiger partial charge in [-0.2, -0.15) is 0 Å². The van der Waals surface area contributed by atoms with Gasteiger partial charge in [0.1, 0.15) is 0 Å². The highest BCUT2D eigenvalue weighted by Crippen LogP contribution is 2.29. The number of nitrogens with one attached hydrogen (secondary N) is 2. The van der Waals surface area contributed by atoms with Gasteiger partial charge in [0.15, 0.2) is 5.13 Å². The van der Waals surface area contributed by atoms with Crippen molar-refractivity contribution >= 4 is 65.8 Å². The molecule has 1 aromatic heterocycles. The second-order valence-electron chi connectivity index (χ2n) is 7.08. The summed E-state index contributed by atoms with van der Waals surface area (Å²) in [5.41, 5.74) is 0.249. The van der Waals surface area contributed by atoms with Crippen molar-refractivity contribution in [2.45, 2.75) is 31.2 Å². The fourth-order valence-electron chi connectivity index (χ4n) is 2.43. The lowest BCUT2D eigenvalue weighted by Gasteiger charge is -2.20. The summed E-state index contributed by atoms with van der Waals surface area (Å²) in [5, 5.41) is 3.68. The van der Waals surface area contributed by atoms with Crippen LogP contribution in [0, 0.1) is 0 Å². The first-order valence-electron chi connectivity index (χ1n) is 8.16. The van der Waals surface area contributed by atoms with Crippen LogP contribution in [0.25, 0.3) is 10.2 Å². The van der Waals surface area contributed by atoms with E-state index >= 15 is 0 Å². The molecule has 2 aromatic carbocycles. The number of amides is 1. The summed E-state index contributed by atoms with van der Waals surface area (Å²) in [4.78, 5) is 16.9. The van der Waals surface area contributed by atoms with Crippen LogP contribution in [0.2, 0.25) is 10.0 Å². The highest BCUT2D eigenvalue weighted by Gasteiger charge is 2.23. The maximum Gasteiger partial charge on any atom is 0.258 e. The van der Waals surface area contributed by atoms with Crippen molar-refractivity contribution in [2.24, 2.45) is 0 Å². The van der Waals surface area contributed by atoms with E-state index in [1.807, 2.05) is 0 Å². The zero-order valence-corrected chi connectivity index (χ0v) is 18.4. The maximum absolute atomic E-state index is 12.5. The minimum absolute atomic E-state index is 0.136. The Balaban J connectivity index is 1.88. The highest BCUT2D eigenvalue weighted by molar-refractivity contribution is 7.89. The quantitative estimate of drug-likeness (QED) is 0.580. The number of carbonyl (C=O) groups is 1. The Hall–Kier alpha value is -1.71. The van der Waals surface area contributed by atoms with Gasteiger partial charge in [-0.3, -0.25) is 10.1 Å². The van der Waals surface area contributed by atoms with E-state index in [0.717, 1.165) is 0 Å². The van der Waals surface area contributed by atoms with E-state index in [-0.39, 0.29) is 15.5 Å². The first-order valence-corrected chi connectivity index (χ1v) is 11.2. The summed E-state index contributed by atoms with van der Waals surface area (Å²) in [6.45, 7) is 5.31. The fourth-order valence-corrected chi connectivity index (χ4v) is 5.34. The number of aromatic nitrogens is 1. The molecular weight excluding hydrogens is 441 g/mol. The van der Waals surface area contributed by atoms with Crippen LogP contribution in [-0.2, 0) is 10.0 Å². The molecule has 0 aliphatic heterocycles. The molecule has 28 heavy (non-hydrogen) atoms. The zero-order chi connectivity index (χ0) is 20.7. The smallest absolute Gasteiger partial charge is 0.258 e. The number of thiazole rings is 1. The van der Waals surface area contributed by atoms with Crippen LogP contribution in [0.15, 0.2) is 41.3 Å². The molecule has 0 unspecified atom stereocenters. The molecule has 0 radical (unpaired) electrons. The van der Waals surface area contributed by atoms with Crippen molar-refractivity contribution in [3.63, 3.8) is 0 Å². The highest BCUT2D eigenvalue weighted by atomic mass is 35.5. The van der Waals surface area contributed by atoms with Crippen molar-refractivity contribution in [3.8, 4) is 0 Å². The van der Waals surface area contributed by atoms with Crippen LogP contribution in [0.3, 0.4) is 0 Å². The molecule has 0 aliphatic rings. The molecule has 0 saturated carbocycles. The molecule has 3 rings (SSSR count). The van der Waals surface area contributed by atoms with Gasteiger partial charge in [-0.15, -0.1) is 0 Å². The minimum atomic E-state index is -3.66. The van der Waals surface area contributed by atoms with Crippen LogP contribution in [0.5, 0.6) is 0 Å². The van der Waals surface area contributed by atoms with E-state index < -0.39 is 21.5 Å². The summed E-state index contributed by atoms with van der Waals surface area (Å²) in [5.74, 6) is -0.428. The molecule has 1 amide bonds. The lowest BCUT2D eigenvalue weighted by Crippen LogP contribution is -2.40. The van der Waals surface area contributed by atoms with Gasteiger partial charge in [0.05, 0.1) is 25.7 Å². The van der Waals surface area contributed by atoms with Crippen molar-refractivity contribution < 1.29 is 13.2 Å². The molecule has 2 N–H and O–H groups in total. The van der Waals surface area contributed by atoms with E-state index in [0.29, 0.717) is 20.4 Å². The number of nitrogens with zero attached hydrogens (tertiary/aromatic N) is 1. The third-order valence-corrected chi connectivity index (χ3v) is 6.74. The van der Waals surface area contributed by atoms with Crippen molar-refractivity contribution in [3.05, 3.63) is 52.0 Å². The number of rotatable bonds is 4. The molecule has 1 heterocycles. The normalized spacial score (nSPS) is 12.3. The molecule has 0 aliphatic carbocycles. The second-order valence-corrected chi connectivity index (χ2v) is 10.6. The van der Waals surface area contributed by atoms with E-state index in [1.165, 1.54) is 35.6 Å². The number of hydrogen-bond acceptors (Lipinski definition) is 5. The topological polar surface area (TPSA) is 88.2 Å². The Bertz CT molecular complexity index is 1170. The van der Waals surface area contributed by atoms with Gasteiger partial charge in [-0.1, -0.05) is 34.5 Å². The van der Waals surface area contributed by atoms with Crippen molar-refractivity contribution in [1.82, 2.24) is 9.71 Å². The van der Waals surface area contributed by atoms with Crippen LogP contribution in [0.4, 0.5) is 5.13 Å². The van der Waals surface area contributed by atoms with Crippen molar-refractivity contribution in [2.75, 3.05) is 5.32 Å². The third kappa shape index (κ3) is 4.82. The monoisotopic (exact) mass is 457 g/mol. The summed E-state index contributed by atoms with van der Waals surface area (Å²) in [7, 11) is -3.66. The number of sulfonamides is 1. The SMILES string of the molecule is CC(C)(C)NS(=O)(=O)c1ccc2nc(NC(=O)c3ccc(Cl)cc3Cl)sc2c1. The molecule has 6 nitrogen and oxygen atoms in total. The lowest BCUT2D eigenvalue weighted by atomic mass is 10.1. The number of benzene rings is 2. The van der Waals surface area contributed by atoms with Crippen LogP contribution in [-0.4, -0.2) is 24.8 Å². The lowest BCUT2D eigenvalue weighted by molar-refractivity contribution is 0.102. The Kier molecular flexibility index (Phi) is 5.71. The van der Waals surface area contributed by atoms with E-state index in [4.69, 9.17) is 23.2 Å².